The number of benzene rings is 2. The lowest BCUT2D eigenvalue weighted by atomic mass is 10.1. The first-order valence-electron chi connectivity index (χ1n) is 6.98. The van der Waals surface area contributed by atoms with Crippen molar-refractivity contribution in [2.24, 2.45) is 4.99 Å². The Morgan fingerprint density at radius 3 is 2.81 bits per heavy atom. The number of anilines is 1. The van der Waals surface area contributed by atoms with Crippen LogP contribution in [0, 0.1) is 6.92 Å². The molecule has 1 N–H and O–H groups in total. The van der Waals surface area contributed by atoms with Crippen molar-refractivity contribution in [2.45, 2.75) is 19.4 Å². The molecule has 21 heavy (non-hydrogen) atoms. The highest BCUT2D eigenvalue weighted by Gasteiger charge is 2.19. The molecule has 0 aromatic heterocycles. The van der Waals surface area contributed by atoms with Crippen molar-refractivity contribution in [3.63, 3.8) is 0 Å². The summed E-state index contributed by atoms with van der Waals surface area (Å²) < 4.78 is 0. The van der Waals surface area contributed by atoms with E-state index in [1.165, 1.54) is 5.56 Å². The van der Waals surface area contributed by atoms with E-state index in [1.54, 1.807) is 11.8 Å². The third-order valence-electron chi connectivity index (χ3n) is 3.39. The summed E-state index contributed by atoms with van der Waals surface area (Å²) in [5.41, 5.74) is 3.42. The number of thioether (sulfide) groups is 1. The van der Waals surface area contributed by atoms with Crippen molar-refractivity contribution in [1.29, 1.82) is 0 Å². The van der Waals surface area contributed by atoms with Crippen LogP contribution in [0.4, 0.5) is 5.69 Å². The van der Waals surface area contributed by atoms with Gasteiger partial charge < -0.3 is 5.32 Å². The van der Waals surface area contributed by atoms with Crippen LogP contribution in [0.5, 0.6) is 0 Å². The Morgan fingerprint density at radius 2 is 2.05 bits per heavy atom. The zero-order valence-corrected chi connectivity index (χ0v) is 13.4. The van der Waals surface area contributed by atoms with Gasteiger partial charge in [0, 0.05) is 5.75 Å². The van der Waals surface area contributed by atoms with Gasteiger partial charge in [0.2, 0.25) is 0 Å². The van der Waals surface area contributed by atoms with Crippen molar-refractivity contribution in [3.8, 4) is 0 Å². The van der Waals surface area contributed by atoms with Gasteiger partial charge in [-0.05, 0) is 36.6 Å². The summed E-state index contributed by atoms with van der Waals surface area (Å²) in [4.78, 5) is 4.75. The molecule has 1 atom stereocenters. The molecule has 0 radical (unpaired) electrons. The molecule has 1 unspecified atom stereocenters. The van der Waals surface area contributed by atoms with Crippen LogP contribution in [0.15, 0.2) is 53.5 Å². The van der Waals surface area contributed by atoms with Crippen LogP contribution < -0.4 is 5.32 Å². The predicted molar refractivity (Wildman–Crippen MR) is 93.6 cm³/mol. The molecule has 0 spiro atoms. The highest BCUT2D eigenvalue weighted by atomic mass is 35.5. The van der Waals surface area contributed by atoms with Crippen LogP contribution in [-0.2, 0) is 6.42 Å². The summed E-state index contributed by atoms with van der Waals surface area (Å²) in [5.74, 6) is 1.01. The Labute approximate surface area is 134 Å². The summed E-state index contributed by atoms with van der Waals surface area (Å²) in [6.07, 6.45) is 0.987. The van der Waals surface area contributed by atoms with E-state index in [0.717, 1.165) is 33.6 Å². The number of aliphatic imine (C=N–C) groups is 1. The van der Waals surface area contributed by atoms with E-state index in [-0.39, 0.29) is 0 Å². The summed E-state index contributed by atoms with van der Waals surface area (Å²) in [7, 11) is 0. The topological polar surface area (TPSA) is 24.4 Å². The Kier molecular flexibility index (Phi) is 4.51. The van der Waals surface area contributed by atoms with Gasteiger partial charge in [-0.15, -0.1) is 0 Å². The van der Waals surface area contributed by atoms with Gasteiger partial charge in [-0.1, -0.05) is 59.8 Å². The molecule has 1 aliphatic heterocycles. The normalized spacial score (nSPS) is 17.6. The van der Waals surface area contributed by atoms with Crippen LogP contribution in [0.1, 0.15) is 11.1 Å². The third kappa shape index (κ3) is 3.80. The molecule has 2 nitrogen and oxygen atoms in total. The molecular weight excluding hydrogens is 300 g/mol. The SMILES string of the molecule is Cc1ccc(NC2=NC(Cc3ccccc3)CS2)c(Cl)c1. The Hall–Kier alpha value is -1.45. The van der Waals surface area contributed by atoms with Gasteiger partial charge in [0.1, 0.15) is 0 Å². The number of hydrogen-bond acceptors (Lipinski definition) is 3. The Bertz CT molecular complexity index is 655. The summed E-state index contributed by atoms with van der Waals surface area (Å²) in [5, 5.41) is 5.03. The molecular formula is C17H17ClN2S. The number of rotatable bonds is 3. The molecule has 3 rings (SSSR count). The number of aryl methyl sites for hydroxylation is 1. The van der Waals surface area contributed by atoms with E-state index in [0.29, 0.717) is 6.04 Å². The molecule has 4 heteroatoms. The summed E-state index contributed by atoms with van der Waals surface area (Å²) in [6, 6.07) is 16.9. The van der Waals surface area contributed by atoms with E-state index in [4.69, 9.17) is 16.6 Å². The quantitative estimate of drug-likeness (QED) is 0.881. The molecule has 2 aromatic carbocycles. The molecule has 108 valence electrons. The zero-order valence-electron chi connectivity index (χ0n) is 11.8. The number of nitrogens with one attached hydrogen (secondary N) is 1. The fourth-order valence-electron chi connectivity index (χ4n) is 2.31. The lowest BCUT2D eigenvalue weighted by Gasteiger charge is -2.07. The van der Waals surface area contributed by atoms with E-state index in [9.17, 15) is 0 Å². The van der Waals surface area contributed by atoms with E-state index >= 15 is 0 Å². The van der Waals surface area contributed by atoms with Crippen LogP contribution >= 0.6 is 23.4 Å². The van der Waals surface area contributed by atoms with Crippen LogP contribution in [0.3, 0.4) is 0 Å². The molecule has 0 bridgehead atoms. The minimum Gasteiger partial charge on any atom is -0.334 e. The van der Waals surface area contributed by atoms with Gasteiger partial charge in [-0.25, -0.2) is 0 Å². The third-order valence-corrected chi connectivity index (χ3v) is 4.74. The van der Waals surface area contributed by atoms with Crippen molar-refractivity contribution < 1.29 is 0 Å². The maximum absolute atomic E-state index is 6.25. The second-order valence-corrected chi connectivity index (χ2v) is 6.61. The van der Waals surface area contributed by atoms with Crippen molar-refractivity contribution >= 4 is 34.2 Å². The molecule has 0 saturated carbocycles. The standard InChI is InChI=1S/C17H17ClN2S/c1-12-7-8-16(15(18)9-12)20-17-19-14(11-21-17)10-13-5-3-2-4-6-13/h2-9,14H,10-11H2,1H3,(H,19,20). The molecule has 1 heterocycles. The smallest absolute Gasteiger partial charge is 0.161 e. The van der Waals surface area contributed by atoms with Crippen molar-refractivity contribution in [3.05, 3.63) is 64.7 Å². The largest absolute Gasteiger partial charge is 0.334 e. The molecule has 0 aliphatic carbocycles. The molecule has 1 aliphatic rings. The van der Waals surface area contributed by atoms with Crippen molar-refractivity contribution in [1.82, 2.24) is 0 Å². The van der Waals surface area contributed by atoms with Gasteiger partial charge in [-0.2, -0.15) is 0 Å². The number of halogens is 1. The van der Waals surface area contributed by atoms with E-state index in [2.05, 4.69) is 35.6 Å². The minimum absolute atomic E-state index is 0.337. The summed E-state index contributed by atoms with van der Waals surface area (Å²) >= 11 is 8.01. The Balaban J connectivity index is 1.66. The average Bonchev–Trinajstić information content (AvgIpc) is 2.90. The summed E-state index contributed by atoms with van der Waals surface area (Å²) in [6.45, 7) is 2.04. The first kappa shape index (κ1) is 14.5. The second-order valence-electron chi connectivity index (χ2n) is 5.20. The molecule has 0 amide bonds. The first-order valence-corrected chi connectivity index (χ1v) is 8.35. The number of nitrogens with zero attached hydrogens (tertiary/aromatic N) is 1. The maximum Gasteiger partial charge on any atom is 0.161 e. The molecule has 2 aromatic rings. The van der Waals surface area contributed by atoms with Crippen LogP contribution in [0.25, 0.3) is 0 Å². The first-order chi connectivity index (χ1) is 10.2. The zero-order chi connectivity index (χ0) is 14.7. The van der Waals surface area contributed by atoms with Gasteiger partial charge in [0.05, 0.1) is 16.8 Å². The van der Waals surface area contributed by atoms with Crippen LogP contribution in [0.2, 0.25) is 5.02 Å². The highest BCUT2D eigenvalue weighted by molar-refractivity contribution is 8.14. The fraction of sp³-hybridized carbons (Fsp3) is 0.235. The van der Waals surface area contributed by atoms with Crippen molar-refractivity contribution in [2.75, 3.05) is 11.1 Å². The van der Waals surface area contributed by atoms with Crippen LogP contribution in [-0.4, -0.2) is 17.0 Å². The maximum atomic E-state index is 6.25. The van der Waals surface area contributed by atoms with E-state index < -0.39 is 0 Å². The Morgan fingerprint density at radius 1 is 1.24 bits per heavy atom. The average molecular weight is 317 g/mol. The monoisotopic (exact) mass is 316 g/mol. The fourth-order valence-corrected chi connectivity index (χ4v) is 3.54. The predicted octanol–water partition coefficient (Wildman–Crippen LogP) is 4.77. The minimum atomic E-state index is 0.337. The van der Waals surface area contributed by atoms with Gasteiger partial charge in [0.15, 0.2) is 5.17 Å². The van der Waals surface area contributed by atoms with Gasteiger partial charge in [-0.3, -0.25) is 4.99 Å². The molecule has 0 fully saturated rings. The van der Waals surface area contributed by atoms with Gasteiger partial charge >= 0.3 is 0 Å². The van der Waals surface area contributed by atoms with E-state index in [1.807, 2.05) is 25.1 Å². The highest BCUT2D eigenvalue weighted by Crippen LogP contribution is 2.27. The molecule has 0 saturated heterocycles. The number of amidine groups is 1. The van der Waals surface area contributed by atoms with Gasteiger partial charge in [0.25, 0.3) is 0 Å². The lowest BCUT2D eigenvalue weighted by molar-refractivity contribution is 0.762. The lowest BCUT2D eigenvalue weighted by Crippen LogP contribution is -2.08. The second kappa shape index (κ2) is 6.54. The number of hydrogen-bond donors (Lipinski definition) is 1.